The van der Waals surface area contributed by atoms with E-state index >= 15 is 0 Å². The molecule has 0 atom stereocenters. The molecular weight excluding hydrogens is 338 g/mol. The number of rotatable bonds is 5. The number of benzene rings is 1. The molecule has 1 aliphatic carbocycles. The Morgan fingerprint density at radius 2 is 2.12 bits per heavy atom. The van der Waals surface area contributed by atoms with Crippen LogP contribution in [0.25, 0.3) is 0 Å². The standard InChI is InChI=1S/C18H19N3O3S/c1-24-14-6-2-12(3-7-14)11-21(13-4-5-13)17(23)15-10-19-18-20(16(15)22)8-9-25-18/h2-3,6-7,10,13H,4-5,8-9,11H2,1H3. The van der Waals surface area contributed by atoms with E-state index in [9.17, 15) is 9.59 Å². The van der Waals surface area contributed by atoms with Crippen LogP contribution < -0.4 is 10.3 Å². The van der Waals surface area contributed by atoms with Crippen molar-refractivity contribution >= 4 is 17.7 Å². The van der Waals surface area contributed by atoms with Gasteiger partial charge in [0.2, 0.25) is 0 Å². The third-order valence-electron chi connectivity index (χ3n) is 4.55. The molecule has 0 spiro atoms. The Balaban J connectivity index is 1.60. The fraction of sp³-hybridized carbons (Fsp3) is 0.389. The minimum Gasteiger partial charge on any atom is -0.497 e. The average Bonchev–Trinajstić information content (AvgIpc) is 3.36. The third-order valence-corrected chi connectivity index (χ3v) is 5.52. The molecule has 1 fully saturated rings. The SMILES string of the molecule is COc1ccc(CN(C(=O)c2cnc3n(c2=O)CCS3)C2CC2)cc1. The van der Waals surface area contributed by atoms with Gasteiger partial charge in [-0.1, -0.05) is 23.9 Å². The summed E-state index contributed by atoms with van der Waals surface area (Å²) in [6.07, 6.45) is 3.41. The number of nitrogens with zero attached hydrogens (tertiary/aromatic N) is 3. The quantitative estimate of drug-likeness (QED) is 0.768. The number of hydrogen-bond acceptors (Lipinski definition) is 5. The first-order chi connectivity index (χ1) is 12.2. The van der Waals surface area contributed by atoms with E-state index < -0.39 is 0 Å². The lowest BCUT2D eigenvalue weighted by molar-refractivity contribution is 0.0726. The normalized spacial score (nSPS) is 15.7. The summed E-state index contributed by atoms with van der Waals surface area (Å²) in [6.45, 7) is 1.11. The van der Waals surface area contributed by atoms with Crippen molar-refractivity contribution in [2.45, 2.75) is 37.1 Å². The van der Waals surface area contributed by atoms with Crippen molar-refractivity contribution in [1.82, 2.24) is 14.5 Å². The van der Waals surface area contributed by atoms with Gasteiger partial charge in [-0.05, 0) is 30.5 Å². The van der Waals surface area contributed by atoms with Crippen LogP contribution in [0.15, 0.2) is 40.4 Å². The average molecular weight is 357 g/mol. The van der Waals surface area contributed by atoms with Crippen LogP contribution in [0.3, 0.4) is 0 Å². The first kappa shape index (κ1) is 16.2. The second-order valence-electron chi connectivity index (χ2n) is 6.27. The Morgan fingerprint density at radius 1 is 1.36 bits per heavy atom. The fourth-order valence-electron chi connectivity index (χ4n) is 3.00. The van der Waals surface area contributed by atoms with Crippen LogP contribution in [0, 0.1) is 0 Å². The first-order valence-corrected chi connectivity index (χ1v) is 9.32. The molecule has 6 nitrogen and oxygen atoms in total. The summed E-state index contributed by atoms with van der Waals surface area (Å²) >= 11 is 1.55. The van der Waals surface area contributed by atoms with Gasteiger partial charge in [-0.25, -0.2) is 4.98 Å². The van der Waals surface area contributed by atoms with E-state index in [-0.39, 0.29) is 23.1 Å². The van der Waals surface area contributed by atoms with E-state index in [0.29, 0.717) is 18.2 Å². The molecule has 1 saturated carbocycles. The van der Waals surface area contributed by atoms with Gasteiger partial charge in [-0.3, -0.25) is 14.2 Å². The van der Waals surface area contributed by atoms with Crippen molar-refractivity contribution in [1.29, 1.82) is 0 Å². The van der Waals surface area contributed by atoms with Crippen molar-refractivity contribution in [2.75, 3.05) is 12.9 Å². The lowest BCUT2D eigenvalue weighted by Crippen LogP contribution is -2.38. The second-order valence-corrected chi connectivity index (χ2v) is 7.33. The predicted octanol–water partition coefficient (Wildman–Crippen LogP) is 2.16. The number of thioether (sulfide) groups is 1. The molecule has 1 amide bonds. The molecule has 25 heavy (non-hydrogen) atoms. The molecule has 2 heterocycles. The number of carbonyl (C=O) groups excluding carboxylic acids is 1. The van der Waals surface area contributed by atoms with Crippen LogP contribution in [0.1, 0.15) is 28.8 Å². The van der Waals surface area contributed by atoms with Crippen LogP contribution in [0.5, 0.6) is 5.75 Å². The van der Waals surface area contributed by atoms with Gasteiger partial charge in [0.25, 0.3) is 11.5 Å². The third kappa shape index (κ3) is 3.16. The van der Waals surface area contributed by atoms with E-state index in [0.717, 1.165) is 29.9 Å². The van der Waals surface area contributed by atoms with Crippen LogP contribution in [0.2, 0.25) is 0 Å². The van der Waals surface area contributed by atoms with Gasteiger partial charge in [0, 0.05) is 31.1 Å². The van der Waals surface area contributed by atoms with Gasteiger partial charge in [0.15, 0.2) is 5.16 Å². The van der Waals surface area contributed by atoms with Crippen molar-refractivity contribution in [2.24, 2.45) is 0 Å². The molecule has 2 aliphatic rings. The van der Waals surface area contributed by atoms with Gasteiger partial charge in [0.1, 0.15) is 11.3 Å². The molecule has 1 aromatic carbocycles. The van der Waals surface area contributed by atoms with E-state index in [4.69, 9.17) is 4.74 Å². The highest BCUT2D eigenvalue weighted by Gasteiger charge is 2.34. The zero-order chi connectivity index (χ0) is 17.4. The molecule has 0 N–H and O–H groups in total. The smallest absolute Gasteiger partial charge is 0.267 e. The van der Waals surface area contributed by atoms with Crippen molar-refractivity contribution in [3.8, 4) is 5.75 Å². The molecular formula is C18H19N3O3S. The van der Waals surface area contributed by atoms with Crippen LogP contribution in [-0.2, 0) is 13.1 Å². The molecule has 4 rings (SSSR count). The summed E-state index contributed by atoms with van der Waals surface area (Å²) in [7, 11) is 1.63. The zero-order valence-corrected chi connectivity index (χ0v) is 14.8. The van der Waals surface area contributed by atoms with Crippen molar-refractivity contribution in [3.05, 3.63) is 51.9 Å². The van der Waals surface area contributed by atoms with E-state index in [2.05, 4.69) is 4.98 Å². The summed E-state index contributed by atoms with van der Waals surface area (Å²) in [5.41, 5.74) is 0.970. The highest BCUT2D eigenvalue weighted by molar-refractivity contribution is 7.99. The maximum atomic E-state index is 13.0. The second kappa shape index (κ2) is 6.55. The van der Waals surface area contributed by atoms with Gasteiger partial charge < -0.3 is 9.64 Å². The number of aromatic nitrogens is 2. The number of carbonyl (C=O) groups is 1. The van der Waals surface area contributed by atoms with Gasteiger partial charge >= 0.3 is 0 Å². The molecule has 0 bridgehead atoms. The van der Waals surface area contributed by atoms with E-state index in [1.165, 1.54) is 6.20 Å². The Bertz CT molecular complexity index is 859. The largest absolute Gasteiger partial charge is 0.497 e. The Morgan fingerprint density at radius 3 is 2.80 bits per heavy atom. The molecule has 0 radical (unpaired) electrons. The molecule has 0 saturated heterocycles. The molecule has 130 valence electrons. The molecule has 7 heteroatoms. The maximum absolute atomic E-state index is 13.0. The maximum Gasteiger partial charge on any atom is 0.267 e. The first-order valence-electron chi connectivity index (χ1n) is 8.34. The minimum atomic E-state index is -0.222. The van der Waals surface area contributed by atoms with Crippen LogP contribution in [0.4, 0.5) is 0 Å². The fourth-order valence-corrected chi connectivity index (χ4v) is 3.91. The summed E-state index contributed by atoms with van der Waals surface area (Å²) in [5.74, 6) is 1.40. The van der Waals surface area contributed by atoms with Crippen LogP contribution in [-0.4, -0.2) is 39.3 Å². The number of amides is 1. The van der Waals surface area contributed by atoms with Crippen LogP contribution >= 0.6 is 11.8 Å². The molecule has 1 aliphatic heterocycles. The van der Waals surface area contributed by atoms with Crippen molar-refractivity contribution in [3.63, 3.8) is 0 Å². The van der Waals surface area contributed by atoms with E-state index in [1.54, 1.807) is 28.3 Å². The number of ether oxygens (including phenoxy) is 1. The van der Waals surface area contributed by atoms with Gasteiger partial charge in [-0.15, -0.1) is 0 Å². The Labute approximate surface area is 149 Å². The number of hydrogen-bond donors (Lipinski definition) is 0. The number of methoxy groups -OCH3 is 1. The summed E-state index contributed by atoms with van der Waals surface area (Å²) in [4.78, 5) is 31.7. The van der Waals surface area contributed by atoms with Gasteiger partial charge in [0.05, 0.1) is 7.11 Å². The highest BCUT2D eigenvalue weighted by atomic mass is 32.2. The topological polar surface area (TPSA) is 64.4 Å². The van der Waals surface area contributed by atoms with Crippen molar-refractivity contribution < 1.29 is 9.53 Å². The van der Waals surface area contributed by atoms with E-state index in [1.807, 2.05) is 24.3 Å². The predicted molar refractivity (Wildman–Crippen MR) is 95.1 cm³/mol. The zero-order valence-electron chi connectivity index (χ0n) is 14.0. The molecule has 1 aromatic heterocycles. The minimum absolute atomic E-state index is 0.173. The lowest BCUT2D eigenvalue weighted by atomic mass is 10.2. The monoisotopic (exact) mass is 357 g/mol. The number of fused-ring (bicyclic) bond motifs is 1. The Hall–Kier alpha value is -2.28. The summed E-state index contributed by atoms with van der Waals surface area (Å²) in [6, 6.07) is 7.88. The molecule has 0 unspecified atom stereocenters. The Kier molecular flexibility index (Phi) is 4.25. The van der Waals surface area contributed by atoms with Gasteiger partial charge in [-0.2, -0.15) is 0 Å². The lowest BCUT2D eigenvalue weighted by Gasteiger charge is -2.22. The molecule has 2 aromatic rings. The summed E-state index contributed by atoms with van der Waals surface area (Å²) in [5, 5.41) is 0.703. The summed E-state index contributed by atoms with van der Waals surface area (Å²) < 4.78 is 6.78. The highest BCUT2D eigenvalue weighted by Crippen LogP contribution is 2.30.